The lowest BCUT2D eigenvalue weighted by Crippen LogP contribution is -2.25. The Bertz CT molecular complexity index is 329. The second-order valence-electron chi connectivity index (χ2n) is 4.12. The monoisotopic (exact) mass is 241 g/mol. The molecule has 1 heterocycles. The van der Waals surface area contributed by atoms with Gasteiger partial charge in [0.25, 0.3) is 0 Å². The summed E-state index contributed by atoms with van der Waals surface area (Å²) in [7, 11) is 0. The molecule has 1 N–H and O–H groups in total. The number of benzene rings is 1. The molecular formula is C12H16ClNS. The summed E-state index contributed by atoms with van der Waals surface area (Å²) < 4.78 is 0. The van der Waals surface area contributed by atoms with Crippen LogP contribution in [0.2, 0.25) is 5.02 Å². The summed E-state index contributed by atoms with van der Waals surface area (Å²) in [5.74, 6) is 3.12. The maximum absolute atomic E-state index is 6.20. The van der Waals surface area contributed by atoms with Crippen molar-refractivity contribution in [3.63, 3.8) is 0 Å². The molecule has 2 rings (SSSR count). The predicted molar refractivity (Wildman–Crippen MR) is 68.7 cm³/mol. The third-order valence-corrected chi connectivity index (χ3v) is 4.40. The van der Waals surface area contributed by atoms with Crippen molar-refractivity contribution in [3.8, 4) is 0 Å². The van der Waals surface area contributed by atoms with E-state index in [1.807, 2.05) is 23.9 Å². The topological polar surface area (TPSA) is 12.0 Å². The second-order valence-corrected chi connectivity index (χ2v) is 5.61. The number of hydrogen-bond acceptors (Lipinski definition) is 2. The van der Waals surface area contributed by atoms with E-state index in [1.165, 1.54) is 11.3 Å². The van der Waals surface area contributed by atoms with Crippen LogP contribution in [0.15, 0.2) is 24.3 Å². The van der Waals surface area contributed by atoms with E-state index in [0.717, 1.165) is 23.2 Å². The van der Waals surface area contributed by atoms with E-state index in [2.05, 4.69) is 24.4 Å². The van der Waals surface area contributed by atoms with Crippen LogP contribution in [0.25, 0.3) is 0 Å². The fourth-order valence-corrected chi connectivity index (χ4v) is 3.26. The molecule has 0 saturated carbocycles. The van der Waals surface area contributed by atoms with Crippen LogP contribution in [0, 0.1) is 5.92 Å². The zero-order valence-corrected chi connectivity index (χ0v) is 10.4. The van der Waals surface area contributed by atoms with Crippen molar-refractivity contribution in [2.24, 2.45) is 5.92 Å². The first-order valence-electron chi connectivity index (χ1n) is 5.33. The molecular weight excluding hydrogens is 226 g/mol. The van der Waals surface area contributed by atoms with E-state index in [-0.39, 0.29) is 0 Å². The van der Waals surface area contributed by atoms with Gasteiger partial charge in [-0.2, -0.15) is 11.8 Å². The summed E-state index contributed by atoms with van der Waals surface area (Å²) in [6, 6.07) is 8.54. The Morgan fingerprint density at radius 3 is 2.93 bits per heavy atom. The summed E-state index contributed by atoms with van der Waals surface area (Å²) in [5.41, 5.74) is 1.24. The van der Waals surface area contributed by atoms with Crippen LogP contribution in [0.4, 0.5) is 0 Å². The SMILES string of the molecule is CC1CNC(c2ccccc2Cl)CSC1. The number of nitrogens with one attached hydrogen (secondary N) is 1. The standard InChI is InChI=1S/C12H16ClNS/c1-9-6-14-12(8-15-7-9)10-4-2-3-5-11(10)13/h2-5,9,12,14H,6-8H2,1H3. The van der Waals surface area contributed by atoms with E-state index < -0.39 is 0 Å². The molecule has 0 aromatic heterocycles. The molecule has 1 fully saturated rings. The largest absolute Gasteiger partial charge is 0.309 e. The highest BCUT2D eigenvalue weighted by Gasteiger charge is 2.18. The Balaban J connectivity index is 2.13. The van der Waals surface area contributed by atoms with E-state index in [4.69, 9.17) is 11.6 Å². The third kappa shape index (κ3) is 2.90. The summed E-state index contributed by atoms with van der Waals surface area (Å²) in [6.07, 6.45) is 0. The van der Waals surface area contributed by atoms with Crippen molar-refractivity contribution in [1.29, 1.82) is 0 Å². The van der Waals surface area contributed by atoms with Gasteiger partial charge in [-0.05, 0) is 29.8 Å². The Morgan fingerprint density at radius 2 is 2.13 bits per heavy atom. The van der Waals surface area contributed by atoms with Crippen molar-refractivity contribution in [3.05, 3.63) is 34.9 Å². The molecule has 1 aromatic carbocycles. The molecule has 0 amide bonds. The van der Waals surface area contributed by atoms with E-state index >= 15 is 0 Å². The molecule has 0 radical (unpaired) electrons. The van der Waals surface area contributed by atoms with Gasteiger partial charge in [-0.3, -0.25) is 0 Å². The fourth-order valence-electron chi connectivity index (χ4n) is 1.81. The van der Waals surface area contributed by atoms with Gasteiger partial charge in [0, 0.05) is 16.8 Å². The highest BCUT2D eigenvalue weighted by molar-refractivity contribution is 7.99. The molecule has 1 aromatic rings. The van der Waals surface area contributed by atoms with Crippen LogP contribution in [0.5, 0.6) is 0 Å². The quantitative estimate of drug-likeness (QED) is 0.809. The Labute approximate surface area is 101 Å². The van der Waals surface area contributed by atoms with E-state index in [9.17, 15) is 0 Å². The van der Waals surface area contributed by atoms with Crippen molar-refractivity contribution in [2.45, 2.75) is 13.0 Å². The molecule has 3 heteroatoms. The highest BCUT2D eigenvalue weighted by Crippen LogP contribution is 2.28. The smallest absolute Gasteiger partial charge is 0.0454 e. The van der Waals surface area contributed by atoms with Crippen molar-refractivity contribution < 1.29 is 0 Å². The van der Waals surface area contributed by atoms with E-state index in [1.54, 1.807) is 0 Å². The number of rotatable bonds is 1. The first-order valence-corrected chi connectivity index (χ1v) is 6.86. The number of hydrogen-bond donors (Lipinski definition) is 1. The maximum atomic E-state index is 6.20. The molecule has 1 saturated heterocycles. The van der Waals surface area contributed by atoms with Gasteiger partial charge in [0.15, 0.2) is 0 Å². The highest BCUT2D eigenvalue weighted by atomic mass is 35.5. The Morgan fingerprint density at radius 1 is 1.33 bits per heavy atom. The lowest BCUT2D eigenvalue weighted by molar-refractivity contribution is 0.518. The molecule has 2 unspecified atom stereocenters. The maximum Gasteiger partial charge on any atom is 0.0454 e. The van der Waals surface area contributed by atoms with E-state index in [0.29, 0.717) is 6.04 Å². The minimum absolute atomic E-state index is 0.411. The normalized spacial score (nSPS) is 27.3. The molecule has 2 atom stereocenters. The predicted octanol–water partition coefficient (Wildman–Crippen LogP) is 3.35. The molecule has 0 spiro atoms. The molecule has 82 valence electrons. The van der Waals surface area contributed by atoms with Crippen LogP contribution in [-0.4, -0.2) is 18.1 Å². The van der Waals surface area contributed by atoms with Gasteiger partial charge >= 0.3 is 0 Å². The molecule has 0 aliphatic carbocycles. The van der Waals surface area contributed by atoms with Crippen molar-refractivity contribution in [1.82, 2.24) is 5.32 Å². The lowest BCUT2D eigenvalue weighted by atomic mass is 10.1. The molecule has 1 aliphatic rings. The third-order valence-electron chi connectivity index (χ3n) is 2.68. The van der Waals surface area contributed by atoms with Gasteiger partial charge in [0.2, 0.25) is 0 Å². The summed E-state index contributed by atoms with van der Waals surface area (Å²) in [4.78, 5) is 0. The molecule has 15 heavy (non-hydrogen) atoms. The molecule has 1 aliphatic heterocycles. The second kappa shape index (κ2) is 5.24. The molecule has 1 nitrogen and oxygen atoms in total. The van der Waals surface area contributed by atoms with Crippen LogP contribution in [0.1, 0.15) is 18.5 Å². The fraction of sp³-hybridized carbons (Fsp3) is 0.500. The van der Waals surface area contributed by atoms with Crippen LogP contribution in [-0.2, 0) is 0 Å². The summed E-state index contributed by atoms with van der Waals surface area (Å²) in [5, 5.41) is 4.46. The van der Waals surface area contributed by atoms with Gasteiger partial charge in [-0.15, -0.1) is 0 Å². The van der Waals surface area contributed by atoms with Gasteiger partial charge in [-0.1, -0.05) is 36.7 Å². The molecule has 0 bridgehead atoms. The van der Waals surface area contributed by atoms with Crippen LogP contribution < -0.4 is 5.32 Å². The van der Waals surface area contributed by atoms with Gasteiger partial charge in [-0.25, -0.2) is 0 Å². The van der Waals surface area contributed by atoms with Gasteiger partial charge in [0.1, 0.15) is 0 Å². The zero-order chi connectivity index (χ0) is 10.7. The van der Waals surface area contributed by atoms with Crippen molar-refractivity contribution >= 4 is 23.4 Å². The summed E-state index contributed by atoms with van der Waals surface area (Å²) in [6.45, 7) is 3.37. The van der Waals surface area contributed by atoms with Gasteiger partial charge < -0.3 is 5.32 Å². The summed E-state index contributed by atoms with van der Waals surface area (Å²) >= 11 is 8.21. The first kappa shape index (κ1) is 11.3. The minimum atomic E-state index is 0.411. The lowest BCUT2D eigenvalue weighted by Gasteiger charge is -2.17. The zero-order valence-electron chi connectivity index (χ0n) is 8.87. The Kier molecular flexibility index (Phi) is 3.95. The number of halogens is 1. The van der Waals surface area contributed by atoms with Crippen LogP contribution in [0.3, 0.4) is 0 Å². The van der Waals surface area contributed by atoms with Gasteiger partial charge in [0.05, 0.1) is 0 Å². The minimum Gasteiger partial charge on any atom is -0.309 e. The van der Waals surface area contributed by atoms with Crippen molar-refractivity contribution in [2.75, 3.05) is 18.1 Å². The average Bonchev–Trinajstić information content (AvgIpc) is 2.44. The average molecular weight is 242 g/mol. The Hall–Kier alpha value is -0.180. The first-order chi connectivity index (χ1) is 7.27. The number of thioether (sulfide) groups is 1. The van der Waals surface area contributed by atoms with Crippen LogP contribution >= 0.6 is 23.4 Å².